The van der Waals surface area contributed by atoms with Crippen LogP contribution in [0.25, 0.3) is 10.4 Å². The number of carbonyl (C=O) groups excluding carboxylic acids is 1. The van der Waals surface area contributed by atoms with Gasteiger partial charge in [-0.15, -0.1) is 11.3 Å². The average Bonchev–Trinajstić information content (AvgIpc) is 3.04. The quantitative estimate of drug-likeness (QED) is 0.936. The standard InChI is InChI=1S/C16H14FNO4S/c17-11-4-2-1-3-10(11)13-5-6-14(23-13)15(19)18-7-8-22-9-12(18)16(20)21/h1-6,12H,7-9H2,(H,20,21)/t12-/m0/s1. The van der Waals surface area contributed by atoms with Gasteiger partial charge in [-0.1, -0.05) is 18.2 Å². The fourth-order valence-corrected chi connectivity index (χ4v) is 3.44. The van der Waals surface area contributed by atoms with E-state index in [0.717, 1.165) is 11.3 Å². The van der Waals surface area contributed by atoms with E-state index in [1.165, 1.54) is 11.0 Å². The molecule has 1 atom stereocenters. The Morgan fingerprint density at radius 3 is 2.78 bits per heavy atom. The zero-order valence-electron chi connectivity index (χ0n) is 12.1. The molecule has 1 N–H and O–H groups in total. The number of carboxylic acids is 1. The van der Waals surface area contributed by atoms with Crippen LogP contribution >= 0.6 is 11.3 Å². The number of carboxylic acid groups (broad SMARTS) is 1. The van der Waals surface area contributed by atoms with Crippen molar-refractivity contribution in [3.05, 3.63) is 47.1 Å². The molecule has 5 nitrogen and oxygen atoms in total. The molecule has 23 heavy (non-hydrogen) atoms. The van der Waals surface area contributed by atoms with Crippen molar-refractivity contribution in [3.63, 3.8) is 0 Å². The molecule has 3 rings (SSSR count). The van der Waals surface area contributed by atoms with E-state index in [1.54, 1.807) is 30.3 Å². The lowest BCUT2D eigenvalue weighted by Crippen LogP contribution is -2.52. The van der Waals surface area contributed by atoms with Crippen LogP contribution in [0.3, 0.4) is 0 Å². The van der Waals surface area contributed by atoms with E-state index >= 15 is 0 Å². The number of ether oxygens (including phenoxy) is 1. The van der Waals surface area contributed by atoms with Gasteiger partial charge in [0.2, 0.25) is 0 Å². The van der Waals surface area contributed by atoms with Crippen LogP contribution in [0, 0.1) is 5.82 Å². The first-order valence-corrected chi connectivity index (χ1v) is 7.86. The minimum Gasteiger partial charge on any atom is -0.480 e. The second-order valence-electron chi connectivity index (χ2n) is 5.07. The number of carbonyl (C=O) groups is 2. The number of aliphatic carboxylic acids is 1. The summed E-state index contributed by atoms with van der Waals surface area (Å²) in [6.45, 7) is 0.510. The molecule has 1 saturated heterocycles. The summed E-state index contributed by atoms with van der Waals surface area (Å²) >= 11 is 1.15. The predicted octanol–water partition coefficient (Wildman–Crippen LogP) is 2.48. The predicted molar refractivity (Wildman–Crippen MR) is 83.0 cm³/mol. The monoisotopic (exact) mass is 335 g/mol. The van der Waals surface area contributed by atoms with Gasteiger partial charge < -0.3 is 14.7 Å². The minimum absolute atomic E-state index is 0.0212. The molecule has 0 spiro atoms. The normalized spacial score (nSPS) is 18.0. The Hall–Kier alpha value is -2.25. The topological polar surface area (TPSA) is 66.8 Å². The van der Waals surface area contributed by atoms with Crippen LogP contribution in [-0.2, 0) is 9.53 Å². The van der Waals surface area contributed by atoms with Crippen molar-refractivity contribution in [2.45, 2.75) is 6.04 Å². The van der Waals surface area contributed by atoms with Gasteiger partial charge >= 0.3 is 5.97 Å². The maximum Gasteiger partial charge on any atom is 0.328 e. The second-order valence-corrected chi connectivity index (χ2v) is 6.16. The molecule has 1 aliphatic rings. The molecule has 1 fully saturated rings. The zero-order chi connectivity index (χ0) is 16.4. The van der Waals surface area contributed by atoms with Gasteiger partial charge in [-0.2, -0.15) is 0 Å². The summed E-state index contributed by atoms with van der Waals surface area (Å²) in [5.74, 6) is -1.82. The summed E-state index contributed by atoms with van der Waals surface area (Å²) in [6, 6.07) is 8.61. The zero-order valence-corrected chi connectivity index (χ0v) is 12.9. The largest absolute Gasteiger partial charge is 0.480 e. The highest BCUT2D eigenvalue weighted by Crippen LogP contribution is 2.31. The highest BCUT2D eigenvalue weighted by Gasteiger charge is 2.33. The Morgan fingerprint density at radius 2 is 2.04 bits per heavy atom. The summed E-state index contributed by atoms with van der Waals surface area (Å²) in [6.07, 6.45) is 0. The van der Waals surface area contributed by atoms with Gasteiger partial charge in [0.25, 0.3) is 5.91 Å². The van der Waals surface area contributed by atoms with E-state index < -0.39 is 12.0 Å². The SMILES string of the molecule is O=C(O)[C@@H]1COCCN1C(=O)c1ccc(-c2ccccc2F)s1. The molecular formula is C16H14FNO4S. The lowest BCUT2D eigenvalue weighted by Gasteiger charge is -2.32. The Kier molecular flexibility index (Phi) is 4.40. The number of thiophene rings is 1. The van der Waals surface area contributed by atoms with Crippen molar-refractivity contribution in [1.29, 1.82) is 0 Å². The summed E-state index contributed by atoms with van der Waals surface area (Å²) in [5.41, 5.74) is 0.424. The number of morpholine rings is 1. The molecule has 1 aromatic carbocycles. The van der Waals surface area contributed by atoms with Gasteiger partial charge in [-0.05, 0) is 18.2 Å². The molecule has 2 heterocycles. The van der Waals surface area contributed by atoms with Crippen molar-refractivity contribution in [2.24, 2.45) is 0 Å². The highest BCUT2D eigenvalue weighted by molar-refractivity contribution is 7.17. The van der Waals surface area contributed by atoms with Gasteiger partial charge in [-0.25, -0.2) is 9.18 Å². The van der Waals surface area contributed by atoms with Gasteiger partial charge in [-0.3, -0.25) is 4.79 Å². The number of hydrogen-bond acceptors (Lipinski definition) is 4. The van der Waals surface area contributed by atoms with E-state index in [-0.39, 0.29) is 24.9 Å². The molecule has 120 valence electrons. The first-order valence-electron chi connectivity index (χ1n) is 7.04. The fraction of sp³-hybridized carbons (Fsp3) is 0.250. The molecule has 2 aromatic rings. The first-order chi connectivity index (χ1) is 11.1. The van der Waals surface area contributed by atoms with Crippen molar-refractivity contribution in [1.82, 2.24) is 4.90 Å². The van der Waals surface area contributed by atoms with Crippen molar-refractivity contribution >= 4 is 23.2 Å². The van der Waals surface area contributed by atoms with Gasteiger partial charge in [0, 0.05) is 17.0 Å². The number of amides is 1. The maximum absolute atomic E-state index is 13.8. The summed E-state index contributed by atoms with van der Waals surface area (Å²) < 4.78 is 19.0. The Labute approximate surface area is 135 Å². The molecule has 0 bridgehead atoms. The van der Waals surface area contributed by atoms with E-state index in [2.05, 4.69) is 0 Å². The van der Waals surface area contributed by atoms with Crippen molar-refractivity contribution < 1.29 is 23.8 Å². The lowest BCUT2D eigenvalue weighted by molar-refractivity contribution is -0.147. The summed E-state index contributed by atoms with van der Waals surface area (Å²) in [4.78, 5) is 26.1. The number of hydrogen-bond donors (Lipinski definition) is 1. The number of benzene rings is 1. The van der Waals surface area contributed by atoms with E-state index in [0.29, 0.717) is 21.9 Å². The van der Waals surface area contributed by atoms with E-state index in [9.17, 15) is 19.1 Å². The van der Waals surface area contributed by atoms with Gasteiger partial charge in [0.1, 0.15) is 5.82 Å². The number of halogens is 1. The van der Waals surface area contributed by atoms with E-state index in [4.69, 9.17) is 4.74 Å². The highest BCUT2D eigenvalue weighted by atomic mass is 32.1. The molecule has 0 unspecified atom stereocenters. The lowest BCUT2D eigenvalue weighted by atomic mass is 10.2. The van der Waals surface area contributed by atoms with Gasteiger partial charge in [0.15, 0.2) is 6.04 Å². The number of nitrogens with zero attached hydrogens (tertiary/aromatic N) is 1. The Morgan fingerprint density at radius 1 is 1.26 bits per heavy atom. The van der Waals surface area contributed by atoms with Crippen LogP contribution in [0.1, 0.15) is 9.67 Å². The van der Waals surface area contributed by atoms with Crippen molar-refractivity contribution in [3.8, 4) is 10.4 Å². The maximum atomic E-state index is 13.8. The third-order valence-electron chi connectivity index (χ3n) is 3.63. The molecule has 0 saturated carbocycles. The van der Waals surface area contributed by atoms with Gasteiger partial charge in [0.05, 0.1) is 18.1 Å². The number of rotatable bonds is 3. The summed E-state index contributed by atoms with van der Waals surface area (Å²) in [7, 11) is 0. The average molecular weight is 335 g/mol. The molecule has 1 aliphatic heterocycles. The van der Waals surface area contributed by atoms with E-state index in [1.807, 2.05) is 0 Å². The third kappa shape index (κ3) is 3.11. The Bertz CT molecular complexity index is 745. The summed E-state index contributed by atoms with van der Waals surface area (Å²) in [5, 5.41) is 9.20. The van der Waals surface area contributed by atoms with Crippen molar-refractivity contribution in [2.75, 3.05) is 19.8 Å². The fourth-order valence-electron chi connectivity index (χ4n) is 2.45. The molecule has 0 radical (unpaired) electrons. The molecule has 7 heteroatoms. The third-order valence-corrected chi connectivity index (χ3v) is 4.74. The second kappa shape index (κ2) is 6.47. The molecule has 1 aromatic heterocycles. The smallest absolute Gasteiger partial charge is 0.328 e. The minimum atomic E-state index is -1.09. The van der Waals surface area contributed by atoms with Crippen LogP contribution in [0.5, 0.6) is 0 Å². The van der Waals surface area contributed by atoms with Crippen LogP contribution in [-0.4, -0.2) is 47.7 Å². The van der Waals surface area contributed by atoms with Crippen LogP contribution in [0.2, 0.25) is 0 Å². The van der Waals surface area contributed by atoms with Crippen LogP contribution < -0.4 is 0 Å². The molecule has 0 aliphatic carbocycles. The first kappa shape index (κ1) is 15.6. The molecule has 1 amide bonds. The Balaban J connectivity index is 1.86. The van der Waals surface area contributed by atoms with Crippen LogP contribution in [0.15, 0.2) is 36.4 Å². The molecular weight excluding hydrogens is 321 g/mol. The van der Waals surface area contributed by atoms with Crippen LogP contribution in [0.4, 0.5) is 4.39 Å².